The van der Waals surface area contributed by atoms with Crippen LogP contribution >= 0.6 is 0 Å². The Bertz CT molecular complexity index is 3430. The van der Waals surface area contributed by atoms with E-state index in [4.69, 9.17) is 0 Å². The lowest BCUT2D eigenvalue weighted by Crippen LogP contribution is -2.15. The molecule has 0 bridgehead atoms. The van der Waals surface area contributed by atoms with Crippen molar-refractivity contribution >= 4 is 64.6 Å². The van der Waals surface area contributed by atoms with Crippen molar-refractivity contribution in [3.8, 4) is 44.5 Å². The molecule has 0 saturated heterocycles. The van der Waals surface area contributed by atoms with Crippen LogP contribution in [0.5, 0.6) is 0 Å². The molecule has 0 aromatic heterocycles. The van der Waals surface area contributed by atoms with Gasteiger partial charge in [0.2, 0.25) is 0 Å². The van der Waals surface area contributed by atoms with Gasteiger partial charge in [-0.05, 0) is 126 Å². The van der Waals surface area contributed by atoms with Crippen LogP contribution in [0.25, 0.3) is 109 Å². The standard InChI is InChI=1S/C57H38/c1-57(2)52-34-36(30-31-51(52)55-44-23-9-7-21-41(44)42-22-8-14-28-50(42)56(55)57)38-32-33-49(40-20-6-5-19-39(38)40)54-47-26-12-10-24-45(47)53(46-25-11-13-27-48(46)54)43-29-15-17-35-16-3-4-18-37(35)43/h3-34H,1-2H3. The minimum Gasteiger partial charge on any atom is -0.0616 e. The highest BCUT2D eigenvalue weighted by molar-refractivity contribution is 6.26. The maximum atomic E-state index is 2.49. The molecular weight excluding hydrogens is 685 g/mol. The van der Waals surface area contributed by atoms with Crippen LogP contribution in [0.1, 0.15) is 25.0 Å². The lowest BCUT2D eigenvalue weighted by Gasteiger charge is -2.24. The first-order chi connectivity index (χ1) is 28.1. The molecule has 0 atom stereocenters. The third-order valence-corrected chi connectivity index (χ3v) is 13.0. The Balaban J connectivity index is 1.09. The summed E-state index contributed by atoms with van der Waals surface area (Å²) in [6, 6.07) is 72.5. The van der Waals surface area contributed by atoms with E-state index in [-0.39, 0.29) is 5.41 Å². The van der Waals surface area contributed by atoms with Gasteiger partial charge in [0.25, 0.3) is 0 Å². The summed E-state index contributed by atoms with van der Waals surface area (Å²) >= 11 is 0. The van der Waals surface area contributed by atoms with Gasteiger partial charge in [0, 0.05) is 5.41 Å². The summed E-state index contributed by atoms with van der Waals surface area (Å²) in [5, 5.41) is 15.5. The quantitative estimate of drug-likeness (QED) is 0.126. The fourth-order valence-electron chi connectivity index (χ4n) is 10.6. The van der Waals surface area contributed by atoms with Crippen molar-refractivity contribution in [1.29, 1.82) is 0 Å². The first kappa shape index (κ1) is 32.2. The van der Waals surface area contributed by atoms with E-state index >= 15 is 0 Å². The van der Waals surface area contributed by atoms with Crippen molar-refractivity contribution < 1.29 is 0 Å². The molecule has 0 amide bonds. The highest BCUT2D eigenvalue weighted by atomic mass is 14.4. The van der Waals surface area contributed by atoms with E-state index in [2.05, 4.69) is 208 Å². The minimum atomic E-state index is -0.163. The molecule has 11 aromatic carbocycles. The molecule has 1 aliphatic rings. The summed E-state index contributed by atoms with van der Waals surface area (Å²) in [5.41, 5.74) is 13.1. The van der Waals surface area contributed by atoms with E-state index in [1.54, 1.807) is 0 Å². The van der Waals surface area contributed by atoms with Crippen LogP contribution in [0.3, 0.4) is 0 Å². The van der Waals surface area contributed by atoms with Gasteiger partial charge in [-0.15, -0.1) is 0 Å². The van der Waals surface area contributed by atoms with Crippen molar-refractivity contribution in [3.05, 3.63) is 205 Å². The topological polar surface area (TPSA) is 0 Å². The molecule has 1 aliphatic carbocycles. The number of rotatable bonds is 3. The van der Waals surface area contributed by atoms with Gasteiger partial charge in [-0.2, -0.15) is 0 Å². The first-order valence-corrected chi connectivity index (χ1v) is 20.1. The molecule has 0 spiro atoms. The predicted molar refractivity (Wildman–Crippen MR) is 245 cm³/mol. The Morgan fingerprint density at radius 3 is 1.30 bits per heavy atom. The first-order valence-electron chi connectivity index (χ1n) is 20.1. The molecule has 0 nitrogen and oxygen atoms in total. The van der Waals surface area contributed by atoms with Crippen LogP contribution in [0.15, 0.2) is 194 Å². The maximum Gasteiger partial charge on any atom is 0.0165 e. The number of hydrogen-bond acceptors (Lipinski definition) is 0. The highest BCUT2D eigenvalue weighted by Crippen LogP contribution is 2.56. The zero-order valence-electron chi connectivity index (χ0n) is 32.0. The fraction of sp³-hybridized carbons (Fsp3) is 0.0526. The van der Waals surface area contributed by atoms with Crippen LogP contribution in [-0.2, 0) is 5.41 Å². The second kappa shape index (κ2) is 12.0. The lowest BCUT2D eigenvalue weighted by atomic mass is 9.78. The Morgan fingerprint density at radius 2 is 0.684 bits per heavy atom. The fourth-order valence-corrected chi connectivity index (χ4v) is 10.6. The van der Waals surface area contributed by atoms with Gasteiger partial charge in [0.1, 0.15) is 0 Å². The summed E-state index contributed by atoms with van der Waals surface area (Å²) in [5.74, 6) is 0. The normalized spacial score (nSPS) is 13.2. The average molecular weight is 723 g/mol. The van der Waals surface area contributed by atoms with Gasteiger partial charge in [-0.25, -0.2) is 0 Å². The van der Waals surface area contributed by atoms with E-state index in [1.807, 2.05) is 0 Å². The summed E-state index contributed by atoms with van der Waals surface area (Å²) < 4.78 is 0. The number of benzene rings is 11. The van der Waals surface area contributed by atoms with E-state index in [0.717, 1.165) is 0 Å². The minimum absolute atomic E-state index is 0.163. The van der Waals surface area contributed by atoms with Crippen LogP contribution < -0.4 is 0 Å². The molecule has 0 fully saturated rings. The molecule has 0 unspecified atom stereocenters. The lowest BCUT2D eigenvalue weighted by molar-refractivity contribution is 0.667. The molecule has 266 valence electrons. The van der Waals surface area contributed by atoms with Crippen molar-refractivity contribution in [1.82, 2.24) is 0 Å². The molecule has 0 heteroatoms. The van der Waals surface area contributed by atoms with Gasteiger partial charge in [0.05, 0.1) is 0 Å². The molecule has 0 radical (unpaired) electrons. The second-order valence-electron chi connectivity index (χ2n) is 16.3. The SMILES string of the molecule is CC1(C)c2cc(-c3ccc(-c4c5ccccc5c(-c5cccc6ccccc56)c5ccccc45)c4ccccc34)ccc2-c2c1c1ccccc1c1ccccc21. The summed E-state index contributed by atoms with van der Waals surface area (Å²) in [4.78, 5) is 0. The van der Waals surface area contributed by atoms with E-state index in [9.17, 15) is 0 Å². The zero-order valence-corrected chi connectivity index (χ0v) is 32.0. The molecule has 0 aliphatic heterocycles. The molecule has 11 aromatic rings. The third-order valence-electron chi connectivity index (χ3n) is 13.0. The zero-order chi connectivity index (χ0) is 37.8. The summed E-state index contributed by atoms with van der Waals surface area (Å²) in [6.07, 6.45) is 0. The van der Waals surface area contributed by atoms with Gasteiger partial charge in [-0.1, -0.05) is 202 Å². The smallest absolute Gasteiger partial charge is 0.0165 e. The van der Waals surface area contributed by atoms with E-state index in [1.165, 1.54) is 120 Å². The Hall–Kier alpha value is -7.02. The second-order valence-corrected chi connectivity index (χ2v) is 16.3. The molecule has 57 heavy (non-hydrogen) atoms. The van der Waals surface area contributed by atoms with Crippen LogP contribution in [0.2, 0.25) is 0 Å². The molecule has 12 rings (SSSR count). The van der Waals surface area contributed by atoms with Crippen LogP contribution in [0.4, 0.5) is 0 Å². The Morgan fingerprint density at radius 1 is 0.281 bits per heavy atom. The van der Waals surface area contributed by atoms with Gasteiger partial charge < -0.3 is 0 Å². The average Bonchev–Trinajstić information content (AvgIpc) is 3.51. The molecule has 0 N–H and O–H groups in total. The molecule has 0 saturated carbocycles. The predicted octanol–water partition coefficient (Wildman–Crippen LogP) is 15.9. The maximum absolute atomic E-state index is 2.49. The van der Waals surface area contributed by atoms with Crippen LogP contribution in [0, 0.1) is 0 Å². The van der Waals surface area contributed by atoms with Crippen molar-refractivity contribution in [2.45, 2.75) is 19.3 Å². The molecule has 0 heterocycles. The van der Waals surface area contributed by atoms with Gasteiger partial charge in [0.15, 0.2) is 0 Å². The number of fused-ring (bicyclic) bond motifs is 12. The van der Waals surface area contributed by atoms with Crippen molar-refractivity contribution in [3.63, 3.8) is 0 Å². The van der Waals surface area contributed by atoms with Gasteiger partial charge in [-0.3, -0.25) is 0 Å². The number of hydrogen-bond donors (Lipinski definition) is 0. The van der Waals surface area contributed by atoms with Gasteiger partial charge >= 0.3 is 0 Å². The highest BCUT2D eigenvalue weighted by Gasteiger charge is 2.38. The monoisotopic (exact) mass is 722 g/mol. The van der Waals surface area contributed by atoms with Crippen molar-refractivity contribution in [2.75, 3.05) is 0 Å². The van der Waals surface area contributed by atoms with E-state index < -0.39 is 0 Å². The largest absolute Gasteiger partial charge is 0.0616 e. The van der Waals surface area contributed by atoms with Crippen molar-refractivity contribution in [2.24, 2.45) is 0 Å². The Labute approximate surface area is 332 Å². The molecular formula is C57H38. The van der Waals surface area contributed by atoms with Crippen LogP contribution in [-0.4, -0.2) is 0 Å². The third kappa shape index (κ3) is 4.50. The van der Waals surface area contributed by atoms with E-state index in [0.29, 0.717) is 0 Å². The summed E-state index contributed by atoms with van der Waals surface area (Å²) in [7, 11) is 0. The Kier molecular flexibility index (Phi) is 6.78. The summed E-state index contributed by atoms with van der Waals surface area (Å²) in [6.45, 7) is 4.84.